The summed E-state index contributed by atoms with van der Waals surface area (Å²) >= 11 is 0. The number of aromatic carboxylic acids is 1. The number of carboxylic acids is 1. The molecule has 0 saturated heterocycles. The summed E-state index contributed by atoms with van der Waals surface area (Å²) < 4.78 is 31.8. The van der Waals surface area contributed by atoms with E-state index in [1.165, 1.54) is 31.4 Å². The lowest BCUT2D eigenvalue weighted by molar-refractivity contribution is 0.0692. The van der Waals surface area contributed by atoms with E-state index in [0.29, 0.717) is 16.9 Å². The zero-order chi connectivity index (χ0) is 14.0. The molecule has 0 unspecified atom stereocenters. The Balaban J connectivity index is 2.50. The van der Waals surface area contributed by atoms with Crippen LogP contribution in [0.5, 0.6) is 5.75 Å². The van der Waals surface area contributed by atoms with Crippen LogP contribution < -0.4 is 4.74 Å². The highest BCUT2D eigenvalue weighted by Gasteiger charge is 2.12. The van der Waals surface area contributed by atoms with Gasteiger partial charge in [0, 0.05) is 6.07 Å². The average Bonchev–Trinajstić information content (AvgIpc) is 2.37. The van der Waals surface area contributed by atoms with E-state index >= 15 is 0 Å². The second kappa shape index (κ2) is 5.06. The van der Waals surface area contributed by atoms with Crippen molar-refractivity contribution >= 4 is 5.97 Å². The molecule has 0 aliphatic carbocycles. The van der Waals surface area contributed by atoms with Crippen LogP contribution in [-0.2, 0) is 0 Å². The van der Waals surface area contributed by atoms with E-state index in [1.54, 1.807) is 0 Å². The van der Waals surface area contributed by atoms with Crippen LogP contribution in [0, 0.1) is 11.6 Å². The molecule has 0 atom stereocenters. The molecule has 2 aromatic carbocycles. The zero-order valence-electron chi connectivity index (χ0n) is 9.98. The second-order valence-electron chi connectivity index (χ2n) is 3.88. The first-order valence-electron chi connectivity index (χ1n) is 5.39. The lowest BCUT2D eigenvalue weighted by Gasteiger charge is -2.07. The first-order valence-corrected chi connectivity index (χ1v) is 5.39. The van der Waals surface area contributed by atoms with Gasteiger partial charge in [0.05, 0.1) is 12.7 Å². The predicted molar refractivity (Wildman–Crippen MR) is 65.3 cm³/mol. The highest BCUT2D eigenvalue weighted by Crippen LogP contribution is 2.27. The Labute approximate surface area is 108 Å². The largest absolute Gasteiger partial charge is 0.497 e. The maximum absolute atomic E-state index is 13.6. The molecule has 1 N–H and O–H groups in total. The number of benzene rings is 2. The van der Waals surface area contributed by atoms with Gasteiger partial charge in [-0.3, -0.25) is 0 Å². The Morgan fingerprint density at radius 2 is 1.84 bits per heavy atom. The van der Waals surface area contributed by atoms with Crippen molar-refractivity contribution in [3.8, 4) is 16.9 Å². The predicted octanol–water partition coefficient (Wildman–Crippen LogP) is 3.34. The molecule has 0 amide bonds. The van der Waals surface area contributed by atoms with Gasteiger partial charge in [-0.05, 0) is 35.4 Å². The molecule has 19 heavy (non-hydrogen) atoms. The summed E-state index contributed by atoms with van der Waals surface area (Å²) in [6.07, 6.45) is 0. The quantitative estimate of drug-likeness (QED) is 0.924. The highest BCUT2D eigenvalue weighted by molar-refractivity contribution is 5.88. The van der Waals surface area contributed by atoms with Gasteiger partial charge in [0.25, 0.3) is 0 Å². The van der Waals surface area contributed by atoms with Crippen LogP contribution in [0.2, 0.25) is 0 Å². The minimum Gasteiger partial charge on any atom is -0.497 e. The van der Waals surface area contributed by atoms with Crippen LogP contribution >= 0.6 is 0 Å². The molecule has 0 aromatic heterocycles. The molecule has 0 aliphatic rings. The summed E-state index contributed by atoms with van der Waals surface area (Å²) in [7, 11) is 1.40. The molecule has 5 heteroatoms. The van der Waals surface area contributed by atoms with Crippen molar-refractivity contribution in [2.45, 2.75) is 0 Å². The third-order valence-corrected chi connectivity index (χ3v) is 2.64. The fourth-order valence-corrected chi connectivity index (χ4v) is 1.72. The number of ether oxygens (including phenoxy) is 1. The third-order valence-electron chi connectivity index (χ3n) is 2.64. The normalized spacial score (nSPS) is 10.3. The molecule has 0 saturated carbocycles. The van der Waals surface area contributed by atoms with Crippen molar-refractivity contribution in [1.82, 2.24) is 0 Å². The molecule has 3 nitrogen and oxygen atoms in total. The molecular formula is C14H10F2O3. The Morgan fingerprint density at radius 1 is 1.11 bits per heavy atom. The van der Waals surface area contributed by atoms with Gasteiger partial charge in [0.1, 0.15) is 17.4 Å². The van der Waals surface area contributed by atoms with Gasteiger partial charge in [0.15, 0.2) is 0 Å². The van der Waals surface area contributed by atoms with Crippen LogP contribution in [0.4, 0.5) is 8.78 Å². The number of halogens is 2. The van der Waals surface area contributed by atoms with Gasteiger partial charge in [-0.15, -0.1) is 0 Å². The number of methoxy groups -OCH3 is 1. The van der Waals surface area contributed by atoms with E-state index in [9.17, 15) is 13.6 Å². The average molecular weight is 264 g/mol. The van der Waals surface area contributed by atoms with Gasteiger partial charge in [0.2, 0.25) is 0 Å². The van der Waals surface area contributed by atoms with Crippen LogP contribution in [-0.4, -0.2) is 18.2 Å². The molecule has 0 heterocycles. The highest BCUT2D eigenvalue weighted by atomic mass is 19.1. The van der Waals surface area contributed by atoms with Crippen molar-refractivity contribution in [2.24, 2.45) is 0 Å². The number of hydrogen-bond acceptors (Lipinski definition) is 2. The minimum absolute atomic E-state index is 0.303. The van der Waals surface area contributed by atoms with Crippen LogP contribution in [0.1, 0.15) is 10.4 Å². The van der Waals surface area contributed by atoms with Gasteiger partial charge >= 0.3 is 5.97 Å². The Bertz CT molecular complexity index is 639. The molecule has 0 radical (unpaired) electrons. The lowest BCUT2D eigenvalue weighted by Crippen LogP contribution is -2.00. The molecule has 2 aromatic rings. The molecule has 0 fully saturated rings. The van der Waals surface area contributed by atoms with E-state index in [0.717, 1.165) is 12.1 Å². The number of carbonyl (C=O) groups is 1. The van der Waals surface area contributed by atoms with Crippen molar-refractivity contribution in [2.75, 3.05) is 7.11 Å². The number of hydrogen-bond donors (Lipinski definition) is 1. The summed E-state index contributed by atoms with van der Waals surface area (Å²) in [6.45, 7) is 0. The number of rotatable bonds is 3. The molecule has 98 valence electrons. The van der Waals surface area contributed by atoms with E-state index in [1.807, 2.05) is 0 Å². The Hall–Kier alpha value is -2.43. The summed E-state index contributed by atoms with van der Waals surface area (Å²) in [5.41, 5.74) is 0.361. The summed E-state index contributed by atoms with van der Waals surface area (Å²) in [5.74, 6) is -2.43. The van der Waals surface area contributed by atoms with Crippen molar-refractivity contribution in [1.29, 1.82) is 0 Å². The molecule has 0 bridgehead atoms. The third kappa shape index (κ3) is 2.70. The molecule has 0 aliphatic heterocycles. The zero-order valence-corrected chi connectivity index (χ0v) is 9.98. The fourth-order valence-electron chi connectivity index (χ4n) is 1.72. The minimum atomic E-state index is -1.35. The van der Waals surface area contributed by atoms with E-state index in [2.05, 4.69) is 0 Å². The smallest absolute Gasteiger partial charge is 0.338 e. The van der Waals surface area contributed by atoms with Gasteiger partial charge in [-0.25, -0.2) is 13.6 Å². The van der Waals surface area contributed by atoms with Gasteiger partial charge < -0.3 is 9.84 Å². The maximum Gasteiger partial charge on any atom is 0.338 e. The van der Waals surface area contributed by atoms with Crippen LogP contribution in [0.15, 0.2) is 36.4 Å². The van der Waals surface area contributed by atoms with Crippen LogP contribution in [0.25, 0.3) is 11.1 Å². The van der Waals surface area contributed by atoms with E-state index in [-0.39, 0.29) is 0 Å². The van der Waals surface area contributed by atoms with E-state index in [4.69, 9.17) is 9.84 Å². The van der Waals surface area contributed by atoms with Crippen molar-refractivity contribution in [3.63, 3.8) is 0 Å². The maximum atomic E-state index is 13.6. The van der Waals surface area contributed by atoms with Crippen LogP contribution in [0.3, 0.4) is 0 Å². The number of carboxylic acid groups (broad SMARTS) is 1. The summed E-state index contributed by atoms with van der Waals surface area (Å²) in [6, 6.07) is 7.57. The lowest BCUT2D eigenvalue weighted by atomic mass is 10.0. The summed E-state index contributed by atoms with van der Waals surface area (Å²) in [5, 5.41) is 8.73. The van der Waals surface area contributed by atoms with Crippen molar-refractivity contribution in [3.05, 3.63) is 53.6 Å². The monoisotopic (exact) mass is 264 g/mol. The SMILES string of the molecule is COc1cc(F)cc(-c2ccc(C(=O)O)c(F)c2)c1. The topological polar surface area (TPSA) is 46.5 Å². The van der Waals surface area contributed by atoms with Gasteiger partial charge in [-0.1, -0.05) is 6.07 Å². The Morgan fingerprint density at radius 3 is 2.42 bits per heavy atom. The van der Waals surface area contributed by atoms with Gasteiger partial charge in [-0.2, -0.15) is 0 Å². The second-order valence-corrected chi connectivity index (χ2v) is 3.88. The summed E-state index contributed by atoms with van der Waals surface area (Å²) in [4.78, 5) is 10.7. The standard InChI is InChI=1S/C14H10F2O3/c1-19-11-5-9(4-10(15)7-11)8-2-3-12(14(17)18)13(16)6-8/h2-7H,1H3,(H,17,18). The van der Waals surface area contributed by atoms with E-state index < -0.39 is 23.2 Å². The molecular weight excluding hydrogens is 254 g/mol. The van der Waals surface area contributed by atoms with Crippen molar-refractivity contribution < 1.29 is 23.4 Å². The molecule has 0 spiro atoms. The first kappa shape index (κ1) is 13.0. The first-order chi connectivity index (χ1) is 9.01. The molecule has 2 rings (SSSR count). The fraction of sp³-hybridized carbons (Fsp3) is 0.0714. The Kier molecular flexibility index (Phi) is 3.46.